The molecule has 3 aromatic rings. The molecule has 1 unspecified atom stereocenters. The second kappa shape index (κ2) is 8.70. The zero-order valence-corrected chi connectivity index (χ0v) is 18.3. The van der Waals surface area contributed by atoms with Gasteiger partial charge in [0, 0.05) is 39.1 Å². The van der Waals surface area contributed by atoms with Gasteiger partial charge in [0.2, 0.25) is 0 Å². The van der Waals surface area contributed by atoms with Crippen molar-refractivity contribution in [1.82, 2.24) is 25.2 Å². The van der Waals surface area contributed by atoms with E-state index in [1.807, 2.05) is 30.3 Å². The number of benzene rings is 1. The Balaban J connectivity index is 1.18. The van der Waals surface area contributed by atoms with Crippen LogP contribution >= 0.6 is 0 Å². The number of para-hydroxylation sites is 1. The normalized spacial score (nSPS) is 19.7. The van der Waals surface area contributed by atoms with Crippen LogP contribution in [0.2, 0.25) is 0 Å². The van der Waals surface area contributed by atoms with Gasteiger partial charge in [-0.1, -0.05) is 12.1 Å². The lowest BCUT2D eigenvalue weighted by Crippen LogP contribution is -2.61. The highest BCUT2D eigenvalue weighted by Gasteiger charge is 2.35. The molecule has 0 aliphatic carbocycles. The smallest absolute Gasteiger partial charge is 0.269 e. The van der Waals surface area contributed by atoms with Gasteiger partial charge in [-0.25, -0.2) is 9.97 Å². The first-order valence-corrected chi connectivity index (χ1v) is 11.3. The third kappa shape index (κ3) is 4.10. The molecule has 8 nitrogen and oxygen atoms in total. The van der Waals surface area contributed by atoms with Gasteiger partial charge < -0.3 is 15.2 Å². The molecule has 2 aromatic heterocycles. The minimum Gasteiger partial charge on any atom is -0.367 e. The number of pyridine rings is 1. The summed E-state index contributed by atoms with van der Waals surface area (Å²) in [6.45, 7) is 4.09. The molecule has 0 radical (unpaired) electrons. The maximum Gasteiger partial charge on any atom is 0.269 e. The topological polar surface area (TPSA) is 94.2 Å². The van der Waals surface area contributed by atoms with E-state index in [9.17, 15) is 9.59 Å². The van der Waals surface area contributed by atoms with E-state index in [4.69, 9.17) is 4.98 Å². The summed E-state index contributed by atoms with van der Waals surface area (Å²) in [5, 5.41) is 3.24. The van der Waals surface area contributed by atoms with Crippen LogP contribution < -0.4 is 15.8 Å². The Hall–Kier alpha value is -3.26. The first kappa shape index (κ1) is 20.6. The summed E-state index contributed by atoms with van der Waals surface area (Å²) in [7, 11) is 1.61. The van der Waals surface area contributed by atoms with Gasteiger partial charge in [-0.2, -0.15) is 0 Å². The van der Waals surface area contributed by atoms with Crippen LogP contribution in [0.4, 0.5) is 5.69 Å². The van der Waals surface area contributed by atoms with Crippen molar-refractivity contribution in [1.29, 1.82) is 0 Å². The van der Waals surface area contributed by atoms with Crippen LogP contribution in [-0.4, -0.2) is 65.0 Å². The SMILES string of the molecule is CNC(=O)c1ccc(N2CC(N3CCCC(Cc4nc5ccccc5c(=O)[nH]4)C3)C2)cn1. The Bertz CT molecular complexity index is 1170. The van der Waals surface area contributed by atoms with E-state index in [1.165, 1.54) is 6.42 Å². The predicted molar refractivity (Wildman–Crippen MR) is 124 cm³/mol. The molecule has 1 atom stereocenters. The number of likely N-dealkylation sites (tertiary alicyclic amines) is 1. The summed E-state index contributed by atoms with van der Waals surface area (Å²) >= 11 is 0. The highest BCUT2D eigenvalue weighted by Crippen LogP contribution is 2.28. The van der Waals surface area contributed by atoms with E-state index < -0.39 is 0 Å². The van der Waals surface area contributed by atoms with Crippen molar-refractivity contribution >= 4 is 22.5 Å². The molecular weight excluding hydrogens is 404 g/mol. The van der Waals surface area contributed by atoms with Crippen molar-refractivity contribution in [2.75, 3.05) is 38.1 Å². The Morgan fingerprint density at radius 1 is 1.19 bits per heavy atom. The second-order valence-electron chi connectivity index (χ2n) is 8.78. The number of anilines is 1. The molecule has 4 heterocycles. The van der Waals surface area contributed by atoms with Crippen molar-refractivity contribution in [3.8, 4) is 0 Å². The molecular formula is C24H28N6O2. The summed E-state index contributed by atoms with van der Waals surface area (Å²) in [5.41, 5.74) is 2.21. The van der Waals surface area contributed by atoms with Crippen LogP contribution in [0, 0.1) is 5.92 Å². The molecule has 32 heavy (non-hydrogen) atoms. The number of nitrogens with zero attached hydrogens (tertiary/aromatic N) is 4. The number of rotatable bonds is 5. The molecule has 5 rings (SSSR count). The minimum absolute atomic E-state index is 0.0519. The van der Waals surface area contributed by atoms with Crippen LogP contribution in [0.15, 0.2) is 47.4 Å². The molecule has 1 amide bonds. The third-order valence-electron chi connectivity index (χ3n) is 6.65. The maximum atomic E-state index is 12.4. The molecule has 8 heteroatoms. The highest BCUT2D eigenvalue weighted by atomic mass is 16.1. The number of amides is 1. The van der Waals surface area contributed by atoms with E-state index in [-0.39, 0.29) is 11.5 Å². The van der Waals surface area contributed by atoms with Gasteiger partial charge in [-0.15, -0.1) is 0 Å². The second-order valence-corrected chi connectivity index (χ2v) is 8.78. The summed E-state index contributed by atoms with van der Waals surface area (Å²) < 4.78 is 0. The number of H-pyrrole nitrogens is 1. The number of fused-ring (bicyclic) bond motifs is 1. The molecule has 0 bridgehead atoms. The van der Waals surface area contributed by atoms with Gasteiger partial charge >= 0.3 is 0 Å². The number of aromatic amines is 1. The number of hydrogen-bond donors (Lipinski definition) is 2. The molecule has 0 saturated carbocycles. The molecule has 2 saturated heterocycles. The molecule has 166 valence electrons. The maximum absolute atomic E-state index is 12.4. The van der Waals surface area contributed by atoms with Gasteiger partial charge in [-0.3, -0.25) is 14.5 Å². The lowest BCUT2D eigenvalue weighted by molar-refractivity contribution is 0.0958. The largest absolute Gasteiger partial charge is 0.367 e. The fourth-order valence-corrected chi connectivity index (χ4v) is 4.83. The van der Waals surface area contributed by atoms with Crippen molar-refractivity contribution in [2.24, 2.45) is 5.92 Å². The Kier molecular flexibility index (Phi) is 5.61. The number of carbonyl (C=O) groups is 1. The summed E-state index contributed by atoms with van der Waals surface area (Å²) in [6, 6.07) is 11.8. The minimum atomic E-state index is -0.167. The standard InChI is InChI=1S/C24H28N6O2/c1-25-24(32)21-9-8-17(12-26-21)30-14-18(15-30)29-10-4-5-16(13-29)11-22-27-20-7-3-2-6-19(20)23(31)28-22/h2-3,6-9,12,16,18H,4-5,10-11,13-15H2,1H3,(H,25,32)(H,27,28,31). The zero-order valence-electron chi connectivity index (χ0n) is 18.3. The third-order valence-corrected chi connectivity index (χ3v) is 6.65. The lowest BCUT2D eigenvalue weighted by atomic mass is 9.92. The fraction of sp³-hybridized carbons (Fsp3) is 0.417. The number of aromatic nitrogens is 3. The first-order chi connectivity index (χ1) is 15.6. The van der Waals surface area contributed by atoms with Gasteiger partial charge in [0.25, 0.3) is 11.5 Å². The summed E-state index contributed by atoms with van der Waals surface area (Å²) in [6.07, 6.45) is 4.91. The molecule has 2 fully saturated rings. The van der Waals surface area contributed by atoms with Crippen molar-refractivity contribution in [2.45, 2.75) is 25.3 Å². The van der Waals surface area contributed by atoms with E-state index in [0.29, 0.717) is 23.0 Å². The average molecular weight is 433 g/mol. The lowest BCUT2D eigenvalue weighted by Gasteiger charge is -2.49. The number of carbonyl (C=O) groups excluding carboxylic acids is 1. The Labute approximate surface area is 186 Å². The highest BCUT2D eigenvalue weighted by molar-refractivity contribution is 5.92. The monoisotopic (exact) mass is 432 g/mol. The van der Waals surface area contributed by atoms with Crippen molar-refractivity contribution in [3.05, 3.63) is 64.5 Å². The molecule has 2 N–H and O–H groups in total. The van der Waals surface area contributed by atoms with E-state index in [0.717, 1.165) is 56.0 Å². The summed E-state index contributed by atoms with van der Waals surface area (Å²) in [4.78, 5) is 40.9. The van der Waals surface area contributed by atoms with E-state index >= 15 is 0 Å². The molecule has 2 aliphatic rings. The van der Waals surface area contributed by atoms with Crippen LogP contribution in [-0.2, 0) is 6.42 Å². The van der Waals surface area contributed by atoms with Gasteiger partial charge in [0.05, 0.1) is 22.8 Å². The fourth-order valence-electron chi connectivity index (χ4n) is 4.83. The van der Waals surface area contributed by atoms with Crippen LogP contribution in [0.25, 0.3) is 10.9 Å². The van der Waals surface area contributed by atoms with Gasteiger partial charge in [-0.05, 0) is 49.6 Å². The molecule has 2 aliphatic heterocycles. The van der Waals surface area contributed by atoms with Crippen molar-refractivity contribution < 1.29 is 4.79 Å². The number of nitrogens with one attached hydrogen (secondary N) is 2. The Morgan fingerprint density at radius 3 is 2.81 bits per heavy atom. The molecule has 0 spiro atoms. The van der Waals surface area contributed by atoms with Crippen LogP contribution in [0.3, 0.4) is 0 Å². The predicted octanol–water partition coefficient (Wildman–Crippen LogP) is 1.82. The van der Waals surface area contributed by atoms with E-state index in [2.05, 4.69) is 25.1 Å². The number of piperidine rings is 1. The number of hydrogen-bond acceptors (Lipinski definition) is 6. The van der Waals surface area contributed by atoms with Crippen LogP contribution in [0.5, 0.6) is 0 Å². The summed E-state index contributed by atoms with van der Waals surface area (Å²) in [5.74, 6) is 1.12. The zero-order chi connectivity index (χ0) is 22.1. The van der Waals surface area contributed by atoms with Gasteiger partial charge in [0.1, 0.15) is 11.5 Å². The Morgan fingerprint density at radius 2 is 2.03 bits per heavy atom. The van der Waals surface area contributed by atoms with Gasteiger partial charge in [0.15, 0.2) is 0 Å². The molecule has 1 aromatic carbocycles. The average Bonchev–Trinajstić information content (AvgIpc) is 2.78. The first-order valence-electron chi connectivity index (χ1n) is 11.3. The quantitative estimate of drug-likeness (QED) is 0.639. The van der Waals surface area contributed by atoms with E-state index in [1.54, 1.807) is 19.3 Å². The van der Waals surface area contributed by atoms with Crippen molar-refractivity contribution in [3.63, 3.8) is 0 Å². The van der Waals surface area contributed by atoms with Crippen LogP contribution in [0.1, 0.15) is 29.2 Å².